The zero-order chi connectivity index (χ0) is 21.9. The van der Waals surface area contributed by atoms with Crippen molar-refractivity contribution < 1.29 is 4.74 Å². The number of anilines is 1. The Morgan fingerprint density at radius 1 is 1.06 bits per heavy atom. The highest BCUT2D eigenvalue weighted by Gasteiger charge is 2.36. The molecule has 1 saturated carbocycles. The summed E-state index contributed by atoms with van der Waals surface area (Å²) in [5.74, 6) is 2.45. The minimum Gasteiger partial charge on any atom is -0.494 e. The van der Waals surface area contributed by atoms with E-state index >= 15 is 0 Å². The highest BCUT2D eigenvalue weighted by molar-refractivity contribution is 5.95. The predicted molar refractivity (Wildman–Crippen MR) is 120 cm³/mol. The minimum atomic E-state index is -0.391. The number of methoxy groups -OCH3 is 1. The summed E-state index contributed by atoms with van der Waals surface area (Å²) in [6.07, 6.45) is 1.92. The van der Waals surface area contributed by atoms with E-state index in [1.165, 1.54) is 0 Å². The monoisotopic (exact) mass is 417 g/mol. The number of aryl methyl sites for hydroxylation is 1. The first-order chi connectivity index (χ1) is 14.8. The van der Waals surface area contributed by atoms with E-state index in [0.29, 0.717) is 28.8 Å². The maximum Gasteiger partial charge on any atom is 0.223 e. The number of benzene rings is 1. The molecule has 4 aromatic rings. The van der Waals surface area contributed by atoms with Gasteiger partial charge in [-0.2, -0.15) is 4.52 Å². The van der Waals surface area contributed by atoms with Gasteiger partial charge in [-0.1, -0.05) is 12.1 Å². The molecule has 1 fully saturated rings. The number of nitrogens with two attached hydrogens (primary N) is 2. The molecular weight excluding hydrogens is 390 g/mol. The SMILES string of the molecule is COc1cccc2c1nc(N)n1nc([C@H]3C[C@@H](c4ccc(C(C)(C)N)c(C)n4)C3)nc21. The number of aromatic nitrogens is 5. The molecule has 0 atom stereocenters. The normalized spacial score (nSPS) is 19.0. The van der Waals surface area contributed by atoms with Crippen molar-refractivity contribution in [2.75, 3.05) is 12.8 Å². The van der Waals surface area contributed by atoms with Gasteiger partial charge in [-0.3, -0.25) is 4.98 Å². The summed E-state index contributed by atoms with van der Waals surface area (Å²) in [4.78, 5) is 14.2. The van der Waals surface area contributed by atoms with Crippen molar-refractivity contribution in [1.82, 2.24) is 24.6 Å². The summed E-state index contributed by atoms with van der Waals surface area (Å²) in [6, 6.07) is 9.98. The second kappa shape index (κ2) is 6.88. The molecule has 0 aliphatic heterocycles. The van der Waals surface area contributed by atoms with Crippen LogP contribution in [-0.4, -0.2) is 31.7 Å². The van der Waals surface area contributed by atoms with Crippen molar-refractivity contribution in [1.29, 1.82) is 0 Å². The van der Waals surface area contributed by atoms with Crippen molar-refractivity contribution >= 4 is 22.5 Å². The number of nitrogen functional groups attached to an aromatic ring is 1. The maximum absolute atomic E-state index is 6.25. The molecule has 160 valence electrons. The first kappa shape index (κ1) is 19.7. The molecule has 0 unspecified atom stereocenters. The van der Waals surface area contributed by atoms with Gasteiger partial charge in [0.25, 0.3) is 0 Å². The summed E-state index contributed by atoms with van der Waals surface area (Å²) < 4.78 is 7.06. The van der Waals surface area contributed by atoms with Crippen LogP contribution in [0.15, 0.2) is 30.3 Å². The number of fused-ring (bicyclic) bond motifs is 3. The van der Waals surface area contributed by atoms with Gasteiger partial charge >= 0.3 is 0 Å². The third-order valence-electron chi connectivity index (χ3n) is 6.25. The van der Waals surface area contributed by atoms with Crippen LogP contribution in [0.2, 0.25) is 0 Å². The number of rotatable bonds is 4. The van der Waals surface area contributed by atoms with Gasteiger partial charge in [0.15, 0.2) is 11.5 Å². The van der Waals surface area contributed by atoms with Crippen LogP contribution in [0.1, 0.15) is 61.3 Å². The molecule has 3 heterocycles. The summed E-state index contributed by atoms with van der Waals surface area (Å²) in [5, 5.41) is 5.55. The van der Waals surface area contributed by atoms with E-state index < -0.39 is 5.54 Å². The fourth-order valence-corrected chi connectivity index (χ4v) is 4.54. The van der Waals surface area contributed by atoms with Crippen LogP contribution < -0.4 is 16.2 Å². The number of nitrogens with zero attached hydrogens (tertiary/aromatic N) is 5. The number of pyridine rings is 1. The Balaban J connectivity index is 1.43. The summed E-state index contributed by atoms with van der Waals surface area (Å²) in [6.45, 7) is 6.04. The third-order valence-corrected chi connectivity index (χ3v) is 6.25. The molecule has 0 bridgehead atoms. The van der Waals surface area contributed by atoms with Crippen LogP contribution in [0, 0.1) is 6.92 Å². The van der Waals surface area contributed by atoms with Gasteiger partial charge in [0.05, 0.1) is 7.11 Å². The average Bonchev–Trinajstić information content (AvgIpc) is 3.11. The molecule has 3 aromatic heterocycles. The molecule has 0 saturated heterocycles. The summed E-state index contributed by atoms with van der Waals surface area (Å²) in [5.41, 5.74) is 16.6. The van der Waals surface area contributed by atoms with Gasteiger partial charge < -0.3 is 16.2 Å². The standard InChI is InChI=1S/C23H27N7O/c1-12-16(23(2,3)25)8-9-17(26-12)13-10-14(11-13)20-28-21-15-6-5-7-18(31-4)19(15)27-22(24)30(21)29-20/h5-9,13-14H,10-11,25H2,1-4H3,(H2,24,27)/t13-,14+. The van der Waals surface area contributed by atoms with Gasteiger partial charge in [0.2, 0.25) is 5.95 Å². The van der Waals surface area contributed by atoms with E-state index in [4.69, 9.17) is 26.2 Å². The molecular formula is C23H27N7O. The van der Waals surface area contributed by atoms with Crippen LogP contribution in [0.4, 0.5) is 5.95 Å². The maximum atomic E-state index is 6.25. The molecule has 8 heteroatoms. The second-order valence-corrected chi connectivity index (χ2v) is 8.99. The highest BCUT2D eigenvalue weighted by Crippen LogP contribution is 2.46. The van der Waals surface area contributed by atoms with Crippen molar-refractivity contribution in [3.63, 3.8) is 0 Å². The van der Waals surface area contributed by atoms with Crippen molar-refractivity contribution in [3.05, 3.63) is 53.1 Å². The van der Waals surface area contributed by atoms with Crippen molar-refractivity contribution in [2.24, 2.45) is 5.73 Å². The molecule has 31 heavy (non-hydrogen) atoms. The van der Waals surface area contributed by atoms with Crippen LogP contribution >= 0.6 is 0 Å². The zero-order valence-electron chi connectivity index (χ0n) is 18.3. The topological polar surface area (TPSA) is 117 Å². The Bertz CT molecular complexity index is 1300. The van der Waals surface area contributed by atoms with E-state index in [1.54, 1.807) is 11.6 Å². The fraction of sp³-hybridized carbons (Fsp3) is 0.391. The Morgan fingerprint density at radius 3 is 2.52 bits per heavy atom. The van der Waals surface area contributed by atoms with Gasteiger partial charge in [0, 0.05) is 34.1 Å². The lowest BCUT2D eigenvalue weighted by molar-refractivity contribution is 0.331. The van der Waals surface area contributed by atoms with Crippen LogP contribution in [0.25, 0.3) is 16.6 Å². The molecule has 0 amide bonds. The quantitative estimate of drug-likeness (QED) is 0.522. The lowest BCUT2D eigenvalue weighted by Crippen LogP contribution is -2.30. The highest BCUT2D eigenvalue weighted by atomic mass is 16.5. The number of hydrogen-bond donors (Lipinski definition) is 2. The number of para-hydroxylation sites is 1. The van der Waals surface area contributed by atoms with E-state index in [1.807, 2.05) is 39.0 Å². The molecule has 0 spiro atoms. The average molecular weight is 418 g/mol. The van der Waals surface area contributed by atoms with E-state index in [-0.39, 0.29) is 5.92 Å². The molecule has 1 aliphatic rings. The zero-order valence-corrected chi connectivity index (χ0v) is 18.3. The van der Waals surface area contributed by atoms with Gasteiger partial charge in [-0.15, -0.1) is 5.10 Å². The molecule has 1 aromatic carbocycles. The molecule has 4 N–H and O–H groups in total. The Labute approximate surface area is 180 Å². The largest absolute Gasteiger partial charge is 0.494 e. The second-order valence-electron chi connectivity index (χ2n) is 8.99. The number of ether oxygens (including phenoxy) is 1. The lowest BCUT2D eigenvalue weighted by Gasteiger charge is -2.33. The van der Waals surface area contributed by atoms with Crippen molar-refractivity contribution in [2.45, 2.75) is 51.0 Å². The van der Waals surface area contributed by atoms with Gasteiger partial charge in [-0.05, 0) is 57.4 Å². The summed E-state index contributed by atoms with van der Waals surface area (Å²) in [7, 11) is 1.62. The number of hydrogen-bond acceptors (Lipinski definition) is 7. The Kier molecular flexibility index (Phi) is 4.37. The summed E-state index contributed by atoms with van der Waals surface area (Å²) >= 11 is 0. The Hall–Kier alpha value is -3.26. The fourth-order valence-electron chi connectivity index (χ4n) is 4.54. The lowest BCUT2D eigenvalue weighted by atomic mass is 9.72. The molecule has 5 rings (SSSR count). The predicted octanol–water partition coefficient (Wildman–Crippen LogP) is 3.43. The van der Waals surface area contributed by atoms with Crippen LogP contribution in [0.3, 0.4) is 0 Å². The minimum absolute atomic E-state index is 0.276. The van der Waals surface area contributed by atoms with Crippen LogP contribution in [-0.2, 0) is 5.54 Å². The van der Waals surface area contributed by atoms with E-state index in [9.17, 15) is 0 Å². The first-order valence-electron chi connectivity index (χ1n) is 10.5. The van der Waals surface area contributed by atoms with Crippen molar-refractivity contribution in [3.8, 4) is 5.75 Å². The third kappa shape index (κ3) is 3.18. The smallest absolute Gasteiger partial charge is 0.223 e. The van der Waals surface area contributed by atoms with E-state index in [0.717, 1.165) is 41.0 Å². The van der Waals surface area contributed by atoms with Gasteiger partial charge in [-0.25, -0.2) is 9.97 Å². The Morgan fingerprint density at radius 2 is 1.84 bits per heavy atom. The van der Waals surface area contributed by atoms with Crippen LogP contribution in [0.5, 0.6) is 5.75 Å². The van der Waals surface area contributed by atoms with E-state index in [2.05, 4.69) is 22.2 Å². The first-order valence-corrected chi connectivity index (χ1v) is 10.5. The molecule has 8 nitrogen and oxygen atoms in total. The molecule has 0 radical (unpaired) electrons. The van der Waals surface area contributed by atoms with Gasteiger partial charge in [0.1, 0.15) is 11.3 Å². The molecule has 1 aliphatic carbocycles.